The van der Waals surface area contributed by atoms with Gasteiger partial charge in [0.05, 0.1) is 13.2 Å². The van der Waals surface area contributed by atoms with Crippen LogP contribution >= 0.6 is 0 Å². The van der Waals surface area contributed by atoms with E-state index < -0.39 is 24.5 Å². The first-order valence-corrected chi connectivity index (χ1v) is 20.6. The van der Waals surface area contributed by atoms with E-state index >= 15 is 0 Å². The first kappa shape index (κ1) is 47.6. The molecule has 0 spiro atoms. The lowest BCUT2D eigenvalue weighted by Crippen LogP contribution is -2.47. The van der Waals surface area contributed by atoms with Crippen molar-refractivity contribution < 1.29 is 34.1 Å². The molecule has 292 valence electrons. The normalized spacial score (nSPS) is 12.5. The maximum absolute atomic E-state index is 12.7. The van der Waals surface area contributed by atoms with Crippen LogP contribution in [0.1, 0.15) is 200 Å². The van der Waals surface area contributed by atoms with Crippen LogP contribution in [0.5, 0.6) is 0 Å². The van der Waals surface area contributed by atoms with E-state index in [9.17, 15) is 19.2 Å². The number of ether oxygens (including phenoxy) is 1. The van der Waals surface area contributed by atoms with E-state index in [0.717, 1.165) is 64.2 Å². The summed E-state index contributed by atoms with van der Waals surface area (Å²) in [6.07, 6.45) is 36.7. The number of rotatable bonds is 37. The van der Waals surface area contributed by atoms with Crippen molar-refractivity contribution in [2.75, 3.05) is 13.2 Å². The van der Waals surface area contributed by atoms with Gasteiger partial charge in [0.25, 0.3) is 0 Å². The van der Waals surface area contributed by atoms with Gasteiger partial charge in [-0.05, 0) is 64.2 Å². The van der Waals surface area contributed by atoms with Gasteiger partial charge in [0.2, 0.25) is 11.8 Å². The van der Waals surface area contributed by atoms with E-state index in [2.05, 4.69) is 36.6 Å². The van der Waals surface area contributed by atoms with E-state index in [1.807, 2.05) is 0 Å². The second-order valence-corrected chi connectivity index (χ2v) is 14.1. The molecule has 0 aliphatic rings. The number of unbranched alkanes of at least 4 members (excludes halogenated alkanes) is 21. The second kappa shape index (κ2) is 36.4. The van der Waals surface area contributed by atoms with Crippen LogP contribution in [0, 0.1) is 0 Å². The minimum Gasteiger partial charge on any atom is -0.480 e. The molecular formula is C41H76N2O7. The number of carbonyl (C=O) groups is 4. The molecule has 0 aromatic rings. The zero-order chi connectivity index (χ0) is 36.9. The first-order chi connectivity index (χ1) is 24.3. The third-order valence-corrected chi connectivity index (χ3v) is 9.26. The highest BCUT2D eigenvalue weighted by atomic mass is 16.5. The van der Waals surface area contributed by atoms with Crippen molar-refractivity contribution in [1.29, 1.82) is 0 Å². The maximum Gasteiger partial charge on any atom is 0.328 e. The third-order valence-electron chi connectivity index (χ3n) is 9.26. The summed E-state index contributed by atoms with van der Waals surface area (Å²) < 4.78 is 5.98. The molecule has 0 radical (unpaired) electrons. The Morgan fingerprint density at radius 3 is 1.50 bits per heavy atom. The summed E-state index contributed by atoms with van der Waals surface area (Å²) in [5.41, 5.74) is 0. The molecule has 2 amide bonds. The molecule has 9 heteroatoms. The maximum atomic E-state index is 12.7. The monoisotopic (exact) mass is 709 g/mol. The molecule has 0 fully saturated rings. The van der Waals surface area contributed by atoms with Gasteiger partial charge >= 0.3 is 11.9 Å². The zero-order valence-corrected chi connectivity index (χ0v) is 32.2. The van der Waals surface area contributed by atoms with Gasteiger partial charge in [0.1, 0.15) is 12.1 Å². The van der Waals surface area contributed by atoms with Crippen LogP contribution in [-0.2, 0) is 23.9 Å². The van der Waals surface area contributed by atoms with Gasteiger partial charge in [-0.1, -0.05) is 135 Å². The Hall–Kier alpha value is -2.42. The standard InChI is InChI=1S/C41H76N2O7/c1-3-5-7-9-11-12-13-14-15-16-17-18-20-25-29-33-40(47)50-36(30-26-22-19-10-8-6-4-2)31-27-23-21-24-28-32-38(45)42-34-39(46)43-37(35-44)41(48)49/h14-15,36-37,44H,3-13,16-35H2,1-2H3,(H,42,45)(H,43,46)(H,48,49)/b15-14-. The number of esters is 1. The van der Waals surface area contributed by atoms with Crippen molar-refractivity contribution in [3.63, 3.8) is 0 Å². The fourth-order valence-electron chi connectivity index (χ4n) is 6.06. The van der Waals surface area contributed by atoms with Crippen molar-refractivity contribution in [2.24, 2.45) is 0 Å². The summed E-state index contributed by atoms with van der Waals surface area (Å²) in [5, 5.41) is 22.5. The number of allylic oxidation sites excluding steroid dienone is 2. The van der Waals surface area contributed by atoms with Gasteiger partial charge in [0.15, 0.2) is 0 Å². The third kappa shape index (κ3) is 32.8. The largest absolute Gasteiger partial charge is 0.480 e. The number of carbonyl (C=O) groups excluding carboxylic acids is 3. The van der Waals surface area contributed by atoms with Crippen molar-refractivity contribution in [3.8, 4) is 0 Å². The number of carboxylic acids is 1. The van der Waals surface area contributed by atoms with Crippen LogP contribution in [0.2, 0.25) is 0 Å². The van der Waals surface area contributed by atoms with Crippen LogP contribution in [-0.4, -0.2) is 59.3 Å². The van der Waals surface area contributed by atoms with Gasteiger partial charge in [-0.15, -0.1) is 0 Å². The average Bonchev–Trinajstić information content (AvgIpc) is 3.10. The molecule has 2 unspecified atom stereocenters. The summed E-state index contributed by atoms with van der Waals surface area (Å²) >= 11 is 0. The SMILES string of the molecule is CCCCCCCC/C=C\CCCCCCCC(=O)OC(CCCCCCCCC)CCCCCCCC(=O)NCC(=O)NC(CO)C(=O)O. The van der Waals surface area contributed by atoms with E-state index in [4.69, 9.17) is 14.9 Å². The molecule has 0 aromatic carbocycles. The lowest BCUT2D eigenvalue weighted by molar-refractivity contribution is -0.150. The smallest absolute Gasteiger partial charge is 0.328 e. The molecule has 50 heavy (non-hydrogen) atoms. The summed E-state index contributed by atoms with van der Waals surface area (Å²) in [4.78, 5) is 47.4. The fraction of sp³-hybridized carbons (Fsp3) is 0.854. The van der Waals surface area contributed by atoms with E-state index in [1.165, 1.54) is 103 Å². The number of aliphatic carboxylic acids is 1. The van der Waals surface area contributed by atoms with Crippen LogP contribution < -0.4 is 10.6 Å². The minimum absolute atomic E-state index is 0.00949. The highest BCUT2D eigenvalue weighted by Crippen LogP contribution is 2.18. The number of hydrogen-bond acceptors (Lipinski definition) is 6. The van der Waals surface area contributed by atoms with Crippen LogP contribution in [0.25, 0.3) is 0 Å². The Morgan fingerprint density at radius 1 is 0.580 bits per heavy atom. The molecule has 0 aromatic heterocycles. The molecule has 0 saturated heterocycles. The van der Waals surface area contributed by atoms with Crippen LogP contribution in [0.4, 0.5) is 0 Å². The Balaban J connectivity index is 4.17. The molecule has 0 bridgehead atoms. The number of hydrogen-bond donors (Lipinski definition) is 4. The van der Waals surface area contributed by atoms with Crippen molar-refractivity contribution in [2.45, 2.75) is 212 Å². The van der Waals surface area contributed by atoms with Gasteiger partial charge in [-0.3, -0.25) is 14.4 Å². The van der Waals surface area contributed by atoms with Gasteiger partial charge in [0, 0.05) is 12.8 Å². The number of aliphatic hydroxyl groups is 1. The minimum atomic E-state index is -1.38. The van der Waals surface area contributed by atoms with Gasteiger partial charge in [-0.2, -0.15) is 0 Å². The van der Waals surface area contributed by atoms with Gasteiger partial charge in [-0.25, -0.2) is 4.79 Å². The second-order valence-electron chi connectivity index (χ2n) is 14.1. The molecule has 0 aliphatic carbocycles. The molecular weight excluding hydrogens is 632 g/mol. The number of carboxylic acid groups (broad SMARTS) is 1. The molecule has 2 atom stereocenters. The highest BCUT2D eigenvalue weighted by molar-refractivity contribution is 5.87. The first-order valence-electron chi connectivity index (χ1n) is 20.6. The van der Waals surface area contributed by atoms with Crippen LogP contribution in [0.15, 0.2) is 12.2 Å². The Labute approximate surface area is 305 Å². The molecule has 9 nitrogen and oxygen atoms in total. The Kier molecular flexibility index (Phi) is 34.6. The molecule has 0 rings (SSSR count). The predicted molar refractivity (Wildman–Crippen MR) is 204 cm³/mol. The molecule has 0 heterocycles. The van der Waals surface area contributed by atoms with E-state index in [0.29, 0.717) is 19.3 Å². The van der Waals surface area contributed by atoms with E-state index in [-0.39, 0.29) is 24.5 Å². The number of aliphatic hydroxyl groups excluding tert-OH is 1. The quantitative estimate of drug-likeness (QED) is 0.0286. The zero-order valence-electron chi connectivity index (χ0n) is 32.2. The lowest BCUT2D eigenvalue weighted by atomic mass is 10.0. The summed E-state index contributed by atoms with van der Waals surface area (Å²) in [6.45, 7) is 3.46. The topological polar surface area (TPSA) is 142 Å². The number of nitrogens with one attached hydrogen (secondary N) is 2. The average molecular weight is 709 g/mol. The summed E-state index contributed by atoms with van der Waals surface area (Å²) in [7, 11) is 0. The van der Waals surface area contributed by atoms with Crippen LogP contribution in [0.3, 0.4) is 0 Å². The van der Waals surface area contributed by atoms with Crippen molar-refractivity contribution in [3.05, 3.63) is 12.2 Å². The fourth-order valence-corrected chi connectivity index (χ4v) is 6.06. The molecule has 0 saturated carbocycles. The molecule has 4 N–H and O–H groups in total. The van der Waals surface area contributed by atoms with Crippen molar-refractivity contribution in [1.82, 2.24) is 10.6 Å². The Morgan fingerprint density at radius 2 is 1.02 bits per heavy atom. The van der Waals surface area contributed by atoms with E-state index in [1.54, 1.807) is 0 Å². The number of amides is 2. The summed E-state index contributed by atoms with van der Waals surface area (Å²) in [5.74, 6) is -2.29. The Bertz CT molecular complexity index is 864. The highest BCUT2D eigenvalue weighted by Gasteiger charge is 2.19. The lowest BCUT2D eigenvalue weighted by Gasteiger charge is -2.18. The predicted octanol–water partition coefficient (Wildman–Crippen LogP) is 9.49. The summed E-state index contributed by atoms with van der Waals surface area (Å²) in [6, 6.07) is -1.38. The van der Waals surface area contributed by atoms with Crippen molar-refractivity contribution >= 4 is 23.8 Å². The van der Waals surface area contributed by atoms with Gasteiger partial charge < -0.3 is 25.6 Å². The molecule has 0 aliphatic heterocycles.